The van der Waals surface area contributed by atoms with Crippen molar-refractivity contribution in [2.24, 2.45) is 0 Å². The number of pyridine rings is 1. The summed E-state index contributed by atoms with van der Waals surface area (Å²) in [5.41, 5.74) is 6.08. The van der Waals surface area contributed by atoms with E-state index in [-0.39, 0.29) is 5.41 Å². The van der Waals surface area contributed by atoms with Gasteiger partial charge in [-0.05, 0) is 34.7 Å². The lowest BCUT2D eigenvalue weighted by Gasteiger charge is -2.18. The Labute approximate surface area is 147 Å². The first-order valence-electron chi connectivity index (χ1n) is 8.43. The van der Waals surface area contributed by atoms with E-state index in [1.165, 1.54) is 5.56 Å². The Morgan fingerprint density at radius 3 is 2.44 bits per heavy atom. The number of fused-ring (bicyclic) bond motifs is 1. The standard InChI is InChI=1S/C22H20N2O/c1-22(2,3)16-9-10-19-20(13-16)25-21(24-19)17-11-12-23-14-18(17)15-7-5-4-6-8-15/h4-14H,1-3H3. The average Bonchev–Trinajstić information content (AvgIpc) is 3.05. The van der Waals surface area contributed by atoms with Crippen LogP contribution in [-0.2, 0) is 5.41 Å². The highest BCUT2D eigenvalue weighted by Gasteiger charge is 2.17. The lowest BCUT2D eigenvalue weighted by atomic mass is 9.87. The number of benzene rings is 2. The number of rotatable bonds is 2. The molecule has 0 aliphatic heterocycles. The Kier molecular flexibility index (Phi) is 3.65. The van der Waals surface area contributed by atoms with E-state index in [2.05, 4.69) is 50.0 Å². The van der Waals surface area contributed by atoms with Gasteiger partial charge in [0.2, 0.25) is 5.89 Å². The van der Waals surface area contributed by atoms with Gasteiger partial charge in [0.15, 0.2) is 5.58 Å². The van der Waals surface area contributed by atoms with Crippen molar-refractivity contribution in [2.75, 3.05) is 0 Å². The Hall–Kier alpha value is -2.94. The van der Waals surface area contributed by atoms with E-state index in [0.717, 1.165) is 27.8 Å². The molecule has 124 valence electrons. The molecule has 25 heavy (non-hydrogen) atoms. The third-order valence-electron chi connectivity index (χ3n) is 4.39. The van der Waals surface area contributed by atoms with Crippen molar-refractivity contribution < 1.29 is 4.42 Å². The fourth-order valence-corrected chi connectivity index (χ4v) is 2.94. The Bertz CT molecular complexity index is 1030. The van der Waals surface area contributed by atoms with E-state index in [1.54, 1.807) is 6.20 Å². The third-order valence-corrected chi connectivity index (χ3v) is 4.39. The zero-order valence-electron chi connectivity index (χ0n) is 14.7. The van der Waals surface area contributed by atoms with Crippen molar-refractivity contribution in [3.05, 3.63) is 72.6 Å². The van der Waals surface area contributed by atoms with Gasteiger partial charge in [0.05, 0.1) is 0 Å². The molecule has 4 aromatic rings. The Morgan fingerprint density at radius 2 is 1.68 bits per heavy atom. The first-order valence-corrected chi connectivity index (χ1v) is 8.43. The smallest absolute Gasteiger partial charge is 0.228 e. The molecule has 0 amide bonds. The van der Waals surface area contributed by atoms with E-state index < -0.39 is 0 Å². The van der Waals surface area contributed by atoms with Gasteiger partial charge in [0.25, 0.3) is 0 Å². The number of hydrogen-bond acceptors (Lipinski definition) is 3. The molecule has 0 aliphatic rings. The van der Waals surface area contributed by atoms with Crippen LogP contribution < -0.4 is 0 Å². The number of nitrogens with zero attached hydrogens (tertiary/aromatic N) is 2. The van der Waals surface area contributed by atoms with Crippen LogP contribution in [0.15, 0.2) is 71.4 Å². The second-order valence-electron chi connectivity index (χ2n) is 7.24. The van der Waals surface area contributed by atoms with Crippen molar-refractivity contribution in [2.45, 2.75) is 26.2 Å². The molecule has 4 rings (SSSR count). The predicted octanol–water partition coefficient (Wildman–Crippen LogP) is 5.85. The normalized spacial score (nSPS) is 11.8. The summed E-state index contributed by atoms with van der Waals surface area (Å²) in [7, 11) is 0. The summed E-state index contributed by atoms with van der Waals surface area (Å²) >= 11 is 0. The number of hydrogen-bond donors (Lipinski definition) is 0. The predicted molar refractivity (Wildman–Crippen MR) is 101 cm³/mol. The summed E-state index contributed by atoms with van der Waals surface area (Å²) in [6.45, 7) is 6.59. The largest absolute Gasteiger partial charge is 0.436 e. The van der Waals surface area contributed by atoms with Crippen molar-refractivity contribution in [1.29, 1.82) is 0 Å². The molecule has 3 nitrogen and oxygen atoms in total. The fraction of sp³-hybridized carbons (Fsp3) is 0.182. The minimum atomic E-state index is 0.0764. The minimum absolute atomic E-state index is 0.0764. The lowest BCUT2D eigenvalue weighted by molar-refractivity contribution is 0.584. The maximum absolute atomic E-state index is 6.11. The summed E-state index contributed by atoms with van der Waals surface area (Å²) < 4.78 is 6.11. The zero-order valence-corrected chi connectivity index (χ0v) is 14.7. The van der Waals surface area contributed by atoms with E-state index in [1.807, 2.05) is 36.5 Å². The van der Waals surface area contributed by atoms with E-state index in [4.69, 9.17) is 9.40 Å². The van der Waals surface area contributed by atoms with Crippen LogP contribution in [0.4, 0.5) is 0 Å². The molecule has 0 spiro atoms. The number of aromatic nitrogens is 2. The van der Waals surface area contributed by atoms with Gasteiger partial charge in [0, 0.05) is 23.5 Å². The molecular weight excluding hydrogens is 308 g/mol. The van der Waals surface area contributed by atoms with Gasteiger partial charge in [-0.25, -0.2) is 4.98 Å². The fourth-order valence-electron chi connectivity index (χ4n) is 2.94. The highest BCUT2D eigenvalue weighted by atomic mass is 16.3. The van der Waals surface area contributed by atoms with Crippen LogP contribution in [0.1, 0.15) is 26.3 Å². The van der Waals surface area contributed by atoms with Crippen molar-refractivity contribution in [1.82, 2.24) is 9.97 Å². The van der Waals surface area contributed by atoms with Gasteiger partial charge in [-0.15, -0.1) is 0 Å². The third kappa shape index (κ3) is 2.93. The van der Waals surface area contributed by atoms with Gasteiger partial charge < -0.3 is 4.42 Å². The van der Waals surface area contributed by atoms with Crippen LogP contribution in [0.5, 0.6) is 0 Å². The van der Waals surface area contributed by atoms with Crippen LogP contribution in [-0.4, -0.2) is 9.97 Å². The summed E-state index contributed by atoms with van der Waals surface area (Å²) in [4.78, 5) is 8.98. The summed E-state index contributed by atoms with van der Waals surface area (Å²) in [6.07, 6.45) is 3.64. The van der Waals surface area contributed by atoms with Crippen LogP contribution in [0, 0.1) is 0 Å². The summed E-state index contributed by atoms with van der Waals surface area (Å²) in [5.74, 6) is 0.627. The quantitative estimate of drug-likeness (QED) is 0.463. The van der Waals surface area contributed by atoms with Gasteiger partial charge in [-0.3, -0.25) is 4.98 Å². The Morgan fingerprint density at radius 1 is 0.880 bits per heavy atom. The maximum atomic E-state index is 6.11. The van der Waals surface area contributed by atoms with Crippen molar-refractivity contribution in [3.63, 3.8) is 0 Å². The van der Waals surface area contributed by atoms with Crippen LogP contribution >= 0.6 is 0 Å². The highest BCUT2D eigenvalue weighted by Crippen LogP contribution is 2.34. The number of oxazole rings is 1. The van der Waals surface area contributed by atoms with E-state index in [9.17, 15) is 0 Å². The second kappa shape index (κ2) is 5.85. The first kappa shape index (κ1) is 15.6. The molecule has 0 aliphatic carbocycles. The van der Waals surface area contributed by atoms with Gasteiger partial charge in [-0.2, -0.15) is 0 Å². The molecule has 0 fully saturated rings. The monoisotopic (exact) mass is 328 g/mol. The summed E-state index contributed by atoms with van der Waals surface area (Å²) in [5, 5.41) is 0. The molecule has 3 heteroatoms. The average molecular weight is 328 g/mol. The maximum Gasteiger partial charge on any atom is 0.228 e. The van der Waals surface area contributed by atoms with Crippen LogP contribution in [0.25, 0.3) is 33.7 Å². The van der Waals surface area contributed by atoms with Gasteiger partial charge in [-0.1, -0.05) is 57.2 Å². The molecule has 0 unspecified atom stereocenters. The van der Waals surface area contributed by atoms with Crippen LogP contribution in [0.2, 0.25) is 0 Å². The highest BCUT2D eigenvalue weighted by molar-refractivity contribution is 5.83. The second-order valence-corrected chi connectivity index (χ2v) is 7.24. The molecule has 0 saturated heterocycles. The molecule has 0 atom stereocenters. The lowest BCUT2D eigenvalue weighted by Crippen LogP contribution is -2.10. The first-order chi connectivity index (χ1) is 12.0. The SMILES string of the molecule is CC(C)(C)c1ccc2nc(-c3ccncc3-c3ccccc3)oc2c1. The van der Waals surface area contributed by atoms with Crippen molar-refractivity contribution in [3.8, 4) is 22.6 Å². The molecule has 0 saturated carbocycles. The molecular formula is C22H20N2O. The molecule has 0 radical (unpaired) electrons. The van der Waals surface area contributed by atoms with Crippen molar-refractivity contribution >= 4 is 11.1 Å². The topological polar surface area (TPSA) is 38.9 Å². The Balaban J connectivity index is 1.86. The molecule has 0 bridgehead atoms. The minimum Gasteiger partial charge on any atom is -0.436 e. The molecule has 2 heterocycles. The van der Waals surface area contributed by atoms with E-state index >= 15 is 0 Å². The van der Waals surface area contributed by atoms with E-state index in [0.29, 0.717) is 5.89 Å². The summed E-state index contributed by atoms with van der Waals surface area (Å²) in [6, 6.07) is 18.4. The van der Waals surface area contributed by atoms with Gasteiger partial charge >= 0.3 is 0 Å². The molecule has 2 aromatic heterocycles. The van der Waals surface area contributed by atoms with Gasteiger partial charge in [0.1, 0.15) is 5.52 Å². The molecule has 0 N–H and O–H groups in total. The zero-order chi connectivity index (χ0) is 17.4. The van der Waals surface area contributed by atoms with Crippen LogP contribution in [0.3, 0.4) is 0 Å². The molecule has 2 aromatic carbocycles.